The summed E-state index contributed by atoms with van der Waals surface area (Å²) < 4.78 is 0. The number of anilines is 1. The second-order valence-electron chi connectivity index (χ2n) is 4.61. The minimum atomic E-state index is 0.323. The molecule has 0 saturated heterocycles. The van der Waals surface area contributed by atoms with E-state index in [9.17, 15) is 5.26 Å². The summed E-state index contributed by atoms with van der Waals surface area (Å²) in [5, 5.41) is 24.6. The van der Waals surface area contributed by atoms with Crippen molar-refractivity contribution in [3.8, 4) is 6.07 Å². The molecule has 0 aliphatic heterocycles. The zero-order valence-electron chi connectivity index (χ0n) is 11.5. The third-order valence-corrected chi connectivity index (χ3v) is 4.11. The summed E-state index contributed by atoms with van der Waals surface area (Å²) in [6, 6.07) is 9.76. The van der Waals surface area contributed by atoms with Crippen molar-refractivity contribution >= 4 is 27.9 Å². The minimum absolute atomic E-state index is 0.323. The molecule has 0 spiro atoms. The number of nitrogens with one attached hydrogen (secondary N) is 1. The van der Waals surface area contributed by atoms with Gasteiger partial charge in [0.25, 0.3) is 0 Å². The van der Waals surface area contributed by atoms with E-state index in [1.165, 1.54) is 0 Å². The monoisotopic (exact) mass is 295 g/mol. The normalized spacial score (nSPS) is 10.5. The number of aryl methyl sites for hydroxylation is 1. The van der Waals surface area contributed by atoms with E-state index in [0.717, 1.165) is 33.7 Å². The van der Waals surface area contributed by atoms with Gasteiger partial charge >= 0.3 is 0 Å². The van der Waals surface area contributed by atoms with Gasteiger partial charge in [-0.15, -0.1) is 21.5 Å². The number of rotatable bonds is 4. The van der Waals surface area contributed by atoms with E-state index >= 15 is 0 Å². The number of thiazole rings is 1. The van der Waals surface area contributed by atoms with Crippen LogP contribution in [0.3, 0.4) is 0 Å². The van der Waals surface area contributed by atoms with E-state index in [-0.39, 0.29) is 0 Å². The smallest absolute Gasteiger partial charge is 0.186 e. The Morgan fingerprint density at radius 1 is 1.29 bits per heavy atom. The van der Waals surface area contributed by atoms with Gasteiger partial charge in [-0.3, -0.25) is 0 Å². The molecule has 3 aromatic rings. The number of aromatic nitrogens is 3. The van der Waals surface area contributed by atoms with E-state index < -0.39 is 0 Å². The van der Waals surface area contributed by atoms with Crippen LogP contribution in [0.1, 0.15) is 16.4 Å². The summed E-state index contributed by atoms with van der Waals surface area (Å²) in [4.78, 5) is 4.43. The van der Waals surface area contributed by atoms with E-state index in [1.54, 1.807) is 11.3 Å². The first kappa shape index (κ1) is 13.5. The fourth-order valence-electron chi connectivity index (χ4n) is 2.12. The van der Waals surface area contributed by atoms with Crippen molar-refractivity contribution in [1.82, 2.24) is 15.2 Å². The predicted molar refractivity (Wildman–Crippen MR) is 83.3 cm³/mol. The Balaban J connectivity index is 1.84. The van der Waals surface area contributed by atoms with Gasteiger partial charge in [0.15, 0.2) is 5.69 Å². The Kier molecular flexibility index (Phi) is 3.75. The molecule has 0 amide bonds. The molecule has 0 saturated carbocycles. The predicted octanol–water partition coefficient (Wildman–Crippen LogP) is 2.92. The highest BCUT2D eigenvalue weighted by atomic mass is 32.1. The number of fused-ring (bicyclic) bond motifs is 1. The van der Waals surface area contributed by atoms with Crippen molar-refractivity contribution in [3.63, 3.8) is 0 Å². The molecule has 1 N–H and O–H groups in total. The summed E-state index contributed by atoms with van der Waals surface area (Å²) in [6.07, 6.45) is 0.819. The van der Waals surface area contributed by atoms with Gasteiger partial charge in [-0.2, -0.15) is 5.26 Å². The molecule has 6 heteroatoms. The fourth-order valence-corrected chi connectivity index (χ4v) is 2.90. The number of hydrogen-bond donors (Lipinski definition) is 1. The van der Waals surface area contributed by atoms with Crippen LogP contribution in [0.4, 0.5) is 5.69 Å². The molecule has 1 aromatic carbocycles. The Morgan fingerprint density at radius 3 is 2.90 bits per heavy atom. The number of nitrogens with zero attached hydrogens (tertiary/aromatic N) is 4. The van der Waals surface area contributed by atoms with Gasteiger partial charge in [0, 0.05) is 29.4 Å². The largest absolute Gasteiger partial charge is 0.382 e. The molecule has 0 atom stereocenters. The Bertz CT molecular complexity index is 818. The van der Waals surface area contributed by atoms with Crippen LogP contribution in [0.25, 0.3) is 10.9 Å². The molecule has 0 bridgehead atoms. The Labute approximate surface area is 126 Å². The van der Waals surface area contributed by atoms with Crippen LogP contribution < -0.4 is 5.32 Å². The van der Waals surface area contributed by atoms with Gasteiger partial charge in [-0.25, -0.2) is 4.98 Å². The summed E-state index contributed by atoms with van der Waals surface area (Å²) in [5.74, 6) is 0. The molecule has 104 valence electrons. The first-order valence-corrected chi connectivity index (χ1v) is 7.46. The number of nitriles is 1. The molecular weight excluding hydrogens is 282 g/mol. The van der Waals surface area contributed by atoms with Crippen LogP contribution >= 0.6 is 11.3 Å². The van der Waals surface area contributed by atoms with Crippen molar-refractivity contribution in [1.29, 1.82) is 5.26 Å². The second-order valence-corrected chi connectivity index (χ2v) is 5.55. The maximum absolute atomic E-state index is 9.19. The maximum atomic E-state index is 9.19. The summed E-state index contributed by atoms with van der Waals surface area (Å²) in [7, 11) is 0. The first-order chi connectivity index (χ1) is 10.3. The zero-order chi connectivity index (χ0) is 14.7. The van der Waals surface area contributed by atoms with Crippen molar-refractivity contribution in [2.45, 2.75) is 13.3 Å². The summed E-state index contributed by atoms with van der Waals surface area (Å²) in [5.41, 5.74) is 2.90. The van der Waals surface area contributed by atoms with Gasteiger partial charge in [-0.1, -0.05) is 18.2 Å². The molecule has 0 unspecified atom stereocenters. The van der Waals surface area contributed by atoms with E-state index in [4.69, 9.17) is 0 Å². The van der Waals surface area contributed by atoms with Crippen LogP contribution in [-0.2, 0) is 6.42 Å². The van der Waals surface area contributed by atoms with Crippen LogP contribution in [0.15, 0.2) is 29.6 Å². The quantitative estimate of drug-likeness (QED) is 0.801. The standard InChI is InChI=1S/C15H13N5S/c1-10-9-21-14(18-10)6-7-17-15-11-4-2-3-5-12(11)19-20-13(15)8-16/h2-5,9H,6-7H2,1H3,(H,17,19). The SMILES string of the molecule is Cc1csc(CCNc2c(C#N)nnc3ccccc23)n1. The highest BCUT2D eigenvalue weighted by Crippen LogP contribution is 2.23. The molecule has 0 aliphatic rings. The van der Waals surface area contributed by atoms with E-state index in [2.05, 4.69) is 26.6 Å². The highest BCUT2D eigenvalue weighted by molar-refractivity contribution is 7.09. The lowest BCUT2D eigenvalue weighted by molar-refractivity contribution is 0.977. The van der Waals surface area contributed by atoms with Gasteiger partial charge in [0.05, 0.1) is 16.2 Å². The maximum Gasteiger partial charge on any atom is 0.186 e. The highest BCUT2D eigenvalue weighted by Gasteiger charge is 2.09. The van der Waals surface area contributed by atoms with Gasteiger partial charge in [0.1, 0.15) is 6.07 Å². The number of benzene rings is 1. The molecule has 2 heterocycles. The topological polar surface area (TPSA) is 74.5 Å². The van der Waals surface area contributed by atoms with E-state index in [1.807, 2.05) is 36.6 Å². The lowest BCUT2D eigenvalue weighted by Crippen LogP contribution is -2.08. The molecule has 5 nitrogen and oxygen atoms in total. The average Bonchev–Trinajstić information content (AvgIpc) is 2.93. The van der Waals surface area contributed by atoms with Crippen molar-refractivity contribution < 1.29 is 0 Å². The minimum Gasteiger partial charge on any atom is -0.382 e. The van der Waals surface area contributed by atoms with Crippen LogP contribution in [0, 0.1) is 18.3 Å². The molecule has 21 heavy (non-hydrogen) atoms. The molecule has 2 aromatic heterocycles. The van der Waals surface area contributed by atoms with Gasteiger partial charge in [-0.05, 0) is 13.0 Å². The zero-order valence-corrected chi connectivity index (χ0v) is 12.3. The van der Waals surface area contributed by atoms with Gasteiger partial charge < -0.3 is 5.32 Å². The average molecular weight is 295 g/mol. The van der Waals surface area contributed by atoms with E-state index in [0.29, 0.717) is 12.2 Å². The summed E-state index contributed by atoms with van der Waals surface area (Å²) in [6.45, 7) is 2.69. The molecule has 3 rings (SSSR count). The number of hydrogen-bond acceptors (Lipinski definition) is 6. The fraction of sp³-hybridized carbons (Fsp3) is 0.200. The van der Waals surface area contributed by atoms with Crippen molar-refractivity contribution in [3.05, 3.63) is 46.0 Å². The molecular formula is C15H13N5S. The first-order valence-electron chi connectivity index (χ1n) is 6.58. The van der Waals surface area contributed by atoms with Crippen molar-refractivity contribution in [2.24, 2.45) is 0 Å². The van der Waals surface area contributed by atoms with Crippen molar-refractivity contribution in [2.75, 3.05) is 11.9 Å². The molecule has 0 radical (unpaired) electrons. The lowest BCUT2D eigenvalue weighted by atomic mass is 10.1. The lowest BCUT2D eigenvalue weighted by Gasteiger charge is -2.09. The third kappa shape index (κ3) is 2.83. The van der Waals surface area contributed by atoms with Crippen LogP contribution in [0.2, 0.25) is 0 Å². The summed E-state index contributed by atoms with van der Waals surface area (Å²) >= 11 is 1.65. The molecule has 0 fully saturated rings. The molecule has 0 aliphatic carbocycles. The van der Waals surface area contributed by atoms with Crippen LogP contribution in [-0.4, -0.2) is 21.7 Å². The second kappa shape index (κ2) is 5.85. The Hall–Kier alpha value is -2.52. The third-order valence-electron chi connectivity index (χ3n) is 3.08. The Morgan fingerprint density at radius 2 is 2.14 bits per heavy atom. The van der Waals surface area contributed by atoms with Crippen LogP contribution in [0.5, 0.6) is 0 Å². The van der Waals surface area contributed by atoms with Gasteiger partial charge in [0.2, 0.25) is 0 Å².